The molecule has 18 heteroatoms. The van der Waals surface area contributed by atoms with Crippen LogP contribution in [0.3, 0.4) is 0 Å². The third-order valence-electron chi connectivity index (χ3n) is 8.54. The van der Waals surface area contributed by atoms with Gasteiger partial charge in [0.1, 0.15) is 18.5 Å². The van der Waals surface area contributed by atoms with E-state index in [0.29, 0.717) is 24.3 Å². The van der Waals surface area contributed by atoms with E-state index in [4.69, 9.17) is 33.5 Å². The summed E-state index contributed by atoms with van der Waals surface area (Å²) < 4.78 is 67.0. The molecule has 5 rings (SSSR count). The molecule has 292 valence electrons. The Morgan fingerprint density at radius 2 is 1.65 bits per heavy atom. The number of hydrogen-bond acceptors (Lipinski definition) is 11. The van der Waals surface area contributed by atoms with E-state index < -0.39 is 66.9 Å². The standard InChI is InChI=1S/C36H44N3O13PS/c1-24(2)19-39(54(46,47)29-14-12-28(13-15-29)51-23-53(43,44)45)20-32(40)31(38-36(42)52-33-22-49-34-30(33)16-17-48-34)18-25-8-10-27(11-9-25)37-35(41)50-21-26-6-4-3-5-7-26/h3-15,24,30-31,33-34H,16-23H2,1-2H3,(H,37,41)(H,38,42)(H2,43,44,45)/t30-,31-,33-,34+/m0/s1. The predicted octanol–water partition coefficient (Wildman–Crippen LogP) is 4.26. The fourth-order valence-corrected chi connectivity index (χ4v) is 7.79. The lowest BCUT2D eigenvalue weighted by molar-refractivity contribution is -0.121. The van der Waals surface area contributed by atoms with E-state index in [1.807, 2.05) is 30.3 Å². The van der Waals surface area contributed by atoms with E-state index in [-0.39, 0.29) is 48.7 Å². The van der Waals surface area contributed by atoms with Gasteiger partial charge in [-0.2, -0.15) is 4.31 Å². The number of sulfonamides is 1. The second kappa shape index (κ2) is 18.3. The van der Waals surface area contributed by atoms with Crippen molar-refractivity contribution >= 4 is 41.3 Å². The van der Waals surface area contributed by atoms with Crippen molar-refractivity contribution in [3.8, 4) is 5.75 Å². The monoisotopic (exact) mass is 789 g/mol. The Morgan fingerprint density at radius 3 is 2.31 bits per heavy atom. The molecular weight excluding hydrogens is 745 g/mol. The van der Waals surface area contributed by atoms with Crippen LogP contribution in [0.1, 0.15) is 31.4 Å². The van der Waals surface area contributed by atoms with Gasteiger partial charge in [-0.25, -0.2) is 18.0 Å². The molecule has 3 aromatic rings. The number of carbonyl (C=O) groups is 3. The zero-order chi connectivity index (χ0) is 38.9. The van der Waals surface area contributed by atoms with Crippen molar-refractivity contribution in [1.82, 2.24) is 9.62 Å². The van der Waals surface area contributed by atoms with Crippen molar-refractivity contribution in [1.29, 1.82) is 0 Å². The lowest BCUT2D eigenvalue weighted by Crippen LogP contribution is -2.49. The maximum absolute atomic E-state index is 14.0. The molecule has 16 nitrogen and oxygen atoms in total. The van der Waals surface area contributed by atoms with E-state index in [9.17, 15) is 27.4 Å². The number of carbonyl (C=O) groups excluding carboxylic acids is 3. The number of anilines is 1. The van der Waals surface area contributed by atoms with Crippen molar-refractivity contribution in [3.05, 3.63) is 90.0 Å². The van der Waals surface area contributed by atoms with E-state index >= 15 is 0 Å². The van der Waals surface area contributed by atoms with Crippen molar-refractivity contribution in [2.24, 2.45) is 11.8 Å². The van der Waals surface area contributed by atoms with E-state index in [1.54, 1.807) is 38.1 Å². The average Bonchev–Trinajstić information content (AvgIpc) is 3.75. The summed E-state index contributed by atoms with van der Waals surface area (Å²) >= 11 is 0. The number of ether oxygens (including phenoxy) is 5. The maximum atomic E-state index is 14.0. The van der Waals surface area contributed by atoms with Crippen LogP contribution < -0.4 is 15.4 Å². The minimum absolute atomic E-state index is 0.0368. The third kappa shape index (κ3) is 11.8. The first-order valence-corrected chi connectivity index (χ1v) is 20.5. The molecule has 0 bridgehead atoms. The number of fused-ring (bicyclic) bond motifs is 1. The molecular formula is C36H44N3O13PS. The Bertz CT molecular complexity index is 1890. The molecule has 2 aliphatic rings. The quantitative estimate of drug-likeness (QED) is 0.141. The molecule has 0 radical (unpaired) electrons. The third-order valence-corrected chi connectivity index (χ3v) is 10.8. The SMILES string of the molecule is CC(C)CN(CC(=O)[C@H](Cc1ccc(NC(=O)OCc2ccccc2)cc1)NC(=O)O[C@H]1CO[C@H]2OCC[C@H]21)S(=O)(=O)c1ccc(OCP(=O)(O)O)cc1. The van der Waals surface area contributed by atoms with Gasteiger partial charge in [0.05, 0.1) is 36.6 Å². The lowest BCUT2D eigenvalue weighted by atomic mass is 10.0. The Hall–Kier alpha value is -4.35. The molecule has 2 amide bonds. The largest absolute Gasteiger partial charge is 0.481 e. The van der Waals surface area contributed by atoms with Crippen molar-refractivity contribution in [2.45, 2.75) is 56.6 Å². The summed E-state index contributed by atoms with van der Waals surface area (Å²) in [6, 6.07) is 19.4. The van der Waals surface area contributed by atoms with Crippen LogP contribution in [0.25, 0.3) is 0 Å². The van der Waals surface area contributed by atoms with Gasteiger partial charge in [0.25, 0.3) is 0 Å². The highest BCUT2D eigenvalue weighted by atomic mass is 32.2. The van der Waals surface area contributed by atoms with Gasteiger partial charge < -0.3 is 38.8 Å². The predicted molar refractivity (Wildman–Crippen MR) is 194 cm³/mol. The van der Waals surface area contributed by atoms with Crippen LogP contribution >= 0.6 is 7.60 Å². The Kier molecular flexibility index (Phi) is 13.9. The minimum atomic E-state index is -4.46. The summed E-state index contributed by atoms with van der Waals surface area (Å²) in [5.74, 6) is -0.919. The molecule has 2 saturated heterocycles. The number of amides is 2. The van der Waals surface area contributed by atoms with Gasteiger partial charge in [0.15, 0.2) is 18.4 Å². The molecule has 2 aliphatic heterocycles. The summed E-state index contributed by atoms with van der Waals surface area (Å²) in [7, 11) is -8.74. The lowest BCUT2D eigenvalue weighted by Gasteiger charge is -2.26. The normalized spacial score (nSPS) is 18.9. The molecule has 4 atom stereocenters. The van der Waals surface area contributed by atoms with E-state index in [0.717, 1.165) is 9.87 Å². The fourth-order valence-electron chi connectivity index (χ4n) is 5.90. The van der Waals surface area contributed by atoms with E-state index in [1.165, 1.54) is 24.3 Å². The zero-order valence-electron chi connectivity index (χ0n) is 29.7. The molecule has 3 aromatic carbocycles. The second-order valence-corrected chi connectivity index (χ2v) is 16.8. The van der Waals surface area contributed by atoms with Crippen molar-refractivity contribution in [2.75, 3.05) is 38.0 Å². The van der Waals surface area contributed by atoms with Gasteiger partial charge >= 0.3 is 19.8 Å². The molecule has 0 aromatic heterocycles. The molecule has 0 saturated carbocycles. The molecule has 0 spiro atoms. The number of ketones is 1. The van der Waals surface area contributed by atoms with Crippen LogP contribution in [0.15, 0.2) is 83.8 Å². The number of alkyl carbamates (subject to hydrolysis) is 1. The second-order valence-electron chi connectivity index (χ2n) is 13.3. The summed E-state index contributed by atoms with van der Waals surface area (Å²) in [6.07, 6.45) is -2.87. The number of nitrogens with zero attached hydrogens (tertiary/aromatic N) is 1. The number of benzene rings is 3. The molecule has 54 heavy (non-hydrogen) atoms. The van der Waals surface area contributed by atoms with Gasteiger partial charge in [-0.15, -0.1) is 0 Å². The van der Waals surface area contributed by atoms with Crippen molar-refractivity contribution in [3.63, 3.8) is 0 Å². The number of nitrogens with one attached hydrogen (secondary N) is 2. The van der Waals surface area contributed by atoms with Crippen LogP contribution in [0.4, 0.5) is 15.3 Å². The van der Waals surface area contributed by atoms with Crippen LogP contribution in [0, 0.1) is 11.8 Å². The Balaban J connectivity index is 1.29. The highest BCUT2D eigenvalue weighted by Gasteiger charge is 2.44. The fraction of sp³-hybridized carbons (Fsp3) is 0.417. The zero-order valence-corrected chi connectivity index (χ0v) is 31.4. The van der Waals surface area contributed by atoms with Gasteiger partial charge in [-0.3, -0.25) is 14.7 Å². The van der Waals surface area contributed by atoms with E-state index in [2.05, 4.69) is 10.6 Å². The maximum Gasteiger partial charge on any atom is 0.411 e. The number of hydrogen-bond donors (Lipinski definition) is 4. The molecule has 0 unspecified atom stereocenters. The molecule has 0 aliphatic carbocycles. The molecule has 2 fully saturated rings. The number of Topliss-reactive ketones (excluding diaryl/α,β-unsaturated/α-hetero) is 1. The van der Waals surface area contributed by atoms with Crippen LogP contribution in [-0.2, 0) is 51.4 Å². The van der Waals surface area contributed by atoms with Crippen LogP contribution in [-0.4, -0.2) is 91.6 Å². The summed E-state index contributed by atoms with van der Waals surface area (Å²) in [4.78, 5) is 57.6. The minimum Gasteiger partial charge on any atom is -0.481 e. The van der Waals surface area contributed by atoms with Crippen molar-refractivity contribution < 1.29 is 60.8 Å². The Labute approximate surface area is 313 Å². The molecule has 2 heterocycles. The first kappa shape index (κ1) is 40.8. The van der Waals surface area contributed by atoms with Crippen LogP contribution in [0.2, 0.25) is 0 Å². The van der Waals surface area contributed by atoms with Gasteiger partial charge in [0.2, 0.25) is 10.0 Å². The summed E-state index contributed by atoms with van der Waals surface area (Å²) in [5, 5.41) is 5.28. The first-order valence-electron chi connectivity index (χ1n) is 17.2. The van der Waals surface area contributed by atoms with Gasteiger partial charge in [-0.05, 0) is 66.3 Å². The summed E-state index contributed by atoms with van der Waals surface area (Å²) in [6.45, 7) is 3.63. The van der Waals surface area contributed by atoms with Gasteiger partial charge in [-0.1, -0.05) is 56.3 Å². The topological polar surface area (TPSA) is 216 Å². The highest BCUT2D eigenvalue weighted by Crippen LogP contribution is 2.35. The first-order chi connectivity index (χ1) is 25.7. The summed E-state index contributed by atoms with van der Waals surface area (Å²) in [5.41, 5.74) is 1.84. The van der Waals surface area contributed by atoms with Crippen LogP contribution in [0.5, 0.6) is 5.75 Å². The average molecular weight is 790 g/mol. The smallest absolute Gasteiger partial charge is 0.411 e. The Morgan fingerprint density at radius 1 is 0.944 bits per heavy atom. The molecule has 4 N–H and O–H groups in total. The highest BCUT2D eigenvalue weighted by molar-refractivity contribution is 7.89. The van der Waals surface area contributed by atoms with Gasteiger partial charge in [0, 0.05) is 12.2 Å². The number of rotatable bonds is 17.